The second-order valence-electron chi connectivity index (χ2n) is 3.03. The van der Waals surface area contributed by atoms with Crippen molar-refractivity contribution < 1.29 is 14.4 Å². The van der Waals surface area contributed by atoms with Gasteiger partial charge in [0.05, 0.1) is 13.7 Å². The van der Waals surface area contributed by atoms with Gasteiger partial charge in [0.1, 0.15) is 12.3 Å². The van der Waals surface area contributed by atoms with Crippen LogP contribution in [0.3, 0.4) is 0 Å². The van der Waals surface area contributed by atoms with E-state index in [-0.39, 0.29) is 12.5 Å². The second-order valence-corrected chi connectivity index (χ2v) is 3.03. The van der Waals surface area contributed by atoms with Crippen molar-refractivity contribution in [3.8, 4) is 5.75 Å². The minimum Gasteiger partial charge on any atom is -0.497 e. The number of hydrogen-bond donors (Lipinski definition) is 2. The van der Waals surface area contributed by atoms with E-state index in [1.807, 2.05) is 6.92 Å². The molecule has 0 spiro atoms. The molecule has 0 radical (unpaired) electrons. The maximum Gasteiger partial charge on any atom is 0.240 e. The summed E-state index contributed by atoms with van der Waals surface area (Å²) in [7, 11) is 1.60. The summed E-state index contributed by atoms with van der Waals surface area (Å²) in [5.41, 5.74) is 3.27. The molecule has 0 aliphatic rings. The summed E-state index contributed by atoms with van der Waals surface area (Å²) in [5.74, 6) is 0.601. The number of rotatable bonds is 6. The van der Waals surface area contributed by atoms with Gasteiger partial charge in [-0.15, -0.1) is 0 Å². The molecule has 0 aromatic heterocycles. The van der Waals surface area contributed by atoms with Crippen LogP contribution in [-0.2, 0) is 9.63 Å². The van der Waals surface area contributed by atoms with Gasteiger partial charge in [0.15, 0.2) is 0 Å². The van der Waals surface area contributed by atoms with E-state index in [9.17, 15) is 4.79 Å². The van der Waals surface area contributed by atoms with E-state index in [1.165, 1.54) is 0 Å². The zero-order valence-electron chi connectivity index (χ0n) is 9.45. The van der Waals surface area contributed by atoms with Gasteiger partial charge in [-0.3, -0.25) is 4.79 Å². The monoisotopic (exact) mass is 224 g/mol. The lowest BCUT2D eigenvalue weighted by atomic mass is 10.3. The molecule has 0 saturated carbocycles. The zero-order chi connectivity index (χ0) is 11.8. The number of methoxy groups -OCH3 is 1. The van der Waals surface area contributed by atoms with Gasteiger partial charge in [0.25, 0.3) is 0 Å². The Morgan fingerprint density at radius 2 is 2.00 bits per heavy atom. The number of ether oxygens (including phenoxy) is 1. The minimum atomic E-state index is -0.154. The van der Waals surface area contributed by atoms with Crippen LogP contribution in [0.25, 0.3) is 0 Å². The summed E-state index contributed by atoms with van der Waals surface area (Å²) in [6.45, 7) is 2.49. The normalized spacial score (nSPS) is 9.88. The molecule has 0 atom stereocenters. The smallest absolute Gasteiger partial charge is 0.240 e. The van der Waals surface area contributed by atoms with Crippen molar-refractivity contribution in [1.29, 1.82) is 0 Å². The Hall–Kier alpha value is -1.59. The predicted octanol–water partition coefficient (Wildman–Crippen LogP) is 1.17. The van der Waals surface area contributed by atoms with Gasteiger partial charge in [0.2, 0.25) is 5.91 Å². The molecule has 0 unspecified atom stereocenters. The van der Waals surface area contributed by atoms with Gasteiger partial charge >= 0.3 is 0 Å². The fourth-order valence-corrected chi connectivity index (χ4v) is 1.10. The van der Waals surface area contributed by atoms with Crippen LogP contribution in [-0.4, -0.2) is 26.2 Å². The molecule has 1 rings (SSSR count). The highest BCUT2D eigenvalue weighted by Crippen LogP contribution is 2.14. The summed E-state index contributed by atoms with van der Waals surface area (Å²) >= 11 is 0. The van der Waals surface area contributed by atoms with Crippen LogP contribution in [0.1, 0.15) is 6.92 Å². The van der Waals surface area contributed by atoms with Crippen molar-refractivity contribution in [2.45, 2.75) is 6.92 Å². The van der Waals surface area contributed by atoms with Gasteiger partial charge in [-0.25, -0.2) is 0 Å². The van der Waals surface area contributed by atoms with E-state index >= 15 is 0 Å². The number of carbonyl (C=O) groups is 1. The number of amides is 1. The molecule has 5 nitrogen and oxygen atoms in total. The van der Waals surface area contributed by atoms with Crippen molar-refractivity contribution in [2.24, 2.45) is 0 Å². The Kier molecular flexibility index (Phi) is 5.31. The molecule has 2 N–H and O–H groups in total. The minimum absolute atomic E-state index is 0.125. The van der Waals surface area contributed by atoms with E-state index in [2.05, 4.69) is 10.8 Å². The average molecular weight is 224 g/mol. The summed E-state index contributed by atoms with van der Waals surface area (Å²) in [4.78, 5) is 16.2. The highest BCUT2D eigenvalue weighted by atomic mass is 16.6. The molecule has 88 valence electrons. The first-order valence-electron chi connectivity index (χ1n) is 5.04. The Bertz CT molecular complexity index is 325. The molecule has 0 aliphatic carbocycles. The molecule has 0 fully saturated rings. The van der Waals surface area contributed by atoms with E-state index in [0.29, 0.717) is 6.61 Å². The Morgan fingerprint density at radius 3 is 2.56 bits per heavy atom. The molecule has 0 aliphatic heterocycles. The van der Waals surface area contributed by atoms with Gasteiger partial charge in [0, 0.05) is 5.69 Å². The average Bonchev–Trinajstić information content (AvgIpc) is 2.30. The molecule has 5 heteroatoms. The van der Waals surface area contributed by atoms with E-state index in [1.54, 1.807) is 31.4 Å². The molecule has 0 bridgehead atoms. The number of carbonyl (C=O) groups excluding carboxylic acids is 1. The predicted molar refractivity (Wildman–Crippen MR) is 61.3 cm³/mol. The highest BCUT2D eigenvalue weighted by molar-refractivity contribution is 5.92. The topological polar surface area (TPSA) is 59.6 Å². The van der Waals surface area contributed by atoms with E-state index in [4.69, 9.17) is 9.57 Å². The first-order chi connectivity index (χ1) is 7.76. The fraction of sp³-hybridized carbons (Fsp3) is 0.364. The quantitative estimate of drug-likeness (QED) is 0.562. The number of benzene rings is 1. The van der Waals surface area contributed by atoms with Crippen LogP contribution in [0.5, 0.6) is 5.75 Å². The van der Waals surface area contributed by atoms with Crippen molar-refractivity contribution >= 4 is 11.6 Å². The first-order valence-corrected chi connectivity index (χ1v) is 5.04. The van der Waals surface area contributed by atoms with Crippen LogP contribution >= 0.6 is 0 Å². The SMILES string of the molecule is CCONCC(=O)Nc1ccc(OC)cc1. The van der Waals surface area contributed by atoms with Crippen LogP contribution in [0.4, 0.5) is 5.69 Å². The van der Waals surface area contributed by atoms with Gasteiger partial charge in [-0.2, -0.15) is 5.48 Å². The van der Waals surface area contributed by atoms with Crippen LogP contribution in [0.2, 0.25) is 0 Å². The Balaban J connectivity index is 2.37. The van der Waals surface area contributed by atoms with Crippen molar-refractivity contribution in [1.82, 2.24) is 5.48 Å². The molecule has 1 aromatic carbocycles. The highest BCUT2D eigenvalue weighted by Gasteiger charge is 2.01. The fourth-order valence-electron chi connectivity index (χ4n) is 1.10. The largest absolute Gasteiger partial charge is 0.497 e. The van der Waals surface area contributed by atoms with Crippen molar-refractivity contribution in [3.05, 3.63) is 24.3 Å². The lowest BCUT2D eigenvalue weighted by Gasteiger charge is -2.06. The summed E-state index contributed by atoms with van der Waals surface area (Å²) in [6, 6.07) is 7.12. The third-order valence-corrected chi connectivity index (χ3v) is 1.85. The lowest BCUT2D eigenvalue weighted by Crippen LogP contribution is -2.28. The molecule has 1 aromatic rings. The van der Waals surface area contributed by atoms with Crippen LogP contribution in [0, 0.1) is 0 Å². The molecule has 0 heterocycles. The number of hydrogen-bond acceptors (Lipinski definition) is 4. The van der Waals surface area contributed by atoms with Gasteiger partial charge in [-0.05, 0) is 31.2 Å². The molecule has 1 amide bonds. The number of nitrogens with one attached hydrogen (secondary N) is 2. The standard InChI is InChI=1S/C11H16N2O3/c1-3-16-12-8-11(14)13-9-4-6-10(15-2)7-5-9/h4-7,12H,3,8H2,1-2H3,(H,13,14). The van der Waals surface area contributed by atoms with E-state index in [0.717, 1.165) is 11.4 Å². The number of anilines is 1. The molecular weight excluding hydrogens is 208 g/mol. The first kappa shape index (κ1) is 12.5. The van der Waals surface area contributed by atoms with Gasteiger partial charge in [-0.1, -0.05) is 0 Å². The summed E-state index contributed by atoms with van der Waals surface area (Å²) in [6.07, 6.45) is 0. The second kappa shape index (κ2) is 6.81. The molecule has 0 saturated heterocycles. The molecule has 16 heavy (non-hydrogen) atoms. The van der Waals surface area contributed by atoms with Crippen molar-refractivity contribution in [3.63, 3.8) is 0 Å². The molecular formula is C11H16N2O3. The maximum absolute atomic E-state index is 11.4. The van der Waals surface area contributed by atoms with Crippen LogP contribution in [0.15, 0.2) is 24.3 Å². The maximum atomic E-state index is 11.4. The van der Waals surface area contributed by atoms with E-state index < -0.39 is 0 Å². The van der Waals surface area contributed by atoms with Gasteiger partial charge < -0.3 is 14.9 Å². The third kappa shape index (κ3) is 4.29. The van der Waals surface area contributed by atoms with Crippen molar-refractivity contribution in [2.75, 3.05) is 25.6 Å². The zero-order valence-corrected chi connectivity index (χ0v) is 9.45. The summed E-state index contributed by atoms with van der Waals surface area (Å²) < 4.78 is 5.01. The third-order valence-electron chi connectivity index (χ3n) is 1.85. The summed E-state index contributed by atoms with van der Waals surface area (Å²) in [5, 5.41) is 2.72. The number of hydroxylamine groups is 1. The lowest BCUT2D eigenvalue weighted by molar-refractivity contribution is -0.117. The Morgan fingerprint density at radius 1 is 1.31 bits per heavy atom. The Labute approximate surface area is 94.7 Å². The van der Waals surface area contributed by atoms with Crippen LogP contribution < -0.4 is 15.5 Å².